The third-order valence-electron chi connectivity index (χ3n) is 23.3. The van der Waals surface area contributed by atoms with Gasteiger partial charge in [-0.1, -0.05) is 182 Å². The van der Waals surface area contributed by atoms with Gasteiger partial charge < -0.3 is 46.9 Å². The van der Waals surface area contributed by atoms with Crippen LogP contribution in [-0.4, -0.2) is 63.3 Å². The van der Waals surface area contributed by atoms with Gasteiger partial charge in [-0.2, -0.15) is 0 Å². The Morgan fingerprint density at radius 2 is 0.897 bits per heavy atom. The normalized spacial score (nSPS) is 17.2. The molecule has 7 N–H and O–H groups in total. The standard InChI is InChI=1S/C11H11N.C11H14O.C11H14.2C10H13N.C9H9NO.2C9H11N.C8H10N2.C8H9N.C8H10S/c1-2-9-3-4-10-5-6-12-8-11(10)7-9;1-12-11-7-6-9-4-2-3-5-10(9)8-11;1-2-6-10-8-4-5-9-11(10)7-3-1;1-8-6-9-4-2-3-5-10(9)7-11-8;1-2-5-10-8-11-7-3-6-9(10)4-1;1-10-8-5-3-2-4-7(8)6-9(10)11;1-7-6-8-4-2-3-5-9(8)10-7;1-2-6-9-8(4-1)5-3-7-10-9;1-2-7-3-5-9-6-8(7)10-4-1;1-2-4-8-6-9-5-7(8)3-1;1-2-4-8-7(3-1)5-6-9-8/h1,3-4,7,12H,5-6,8H2;6-8H,2-5H2,1H3;4-5,8-9H,1-3,6-7H2;2-5,8,11H,6-7H2,1H3;1-2,4-5,11H,3,6-8H2;2-5H,6H2,1H3;2-5,7,10H,6H2,1H3;1-2,4,6,10H,3,5,7H2;1-2,4,9H,3,5-6H2;1-4,9H,5-6H2;5-6H,1-4H2. The summed E-state index contributed by atoms with van der Waals surface area (Å²) in [4.78, 5) is 18.8. The predicted octanol–water partition coefficient (Wildman–Crippen LogP) is 20.2. The molecule has 604 valence electrons. The first kappa shape index (κ1) is 85.4. The van der Waals surface area contributed by atoms with Gasteiger partial charge in [-0.3, -0.25) is 9.78 Å². The summed E-state index contributed by atoms with van der Waals surface area (Å²) in [5.41, 5.74) is 30.8. The zero-order valence-electron chi connectivity index (χ0n) is 69.5. The van der Waals surface area contributed by atoms with E-state index in [1.165, 1.54) is 211 Å². The molecule has 11 aliphatic rings. The molecule has 3 aliphatic carbocycles. The lowest BCUT2D eigenvalue weighted by atomic mass is 9.92. The number of hydrogen-bond acceptors (Lipinski definition) is 11. The molecule has 12 heteroatoms. The number of aromatic nitrogens is 1. The van der Waals surface area contributed by atoms with Gasteiger partial charge in [0.15, 0.2) is 0 Å². The third-order valence-corrected chi connectivity index (χ3v) is 24.4. The molecule has 2 aromatic heterocycles. The molecule has 8 aliphatic heterocycles. The van der Waals surface area contributed by atoms with Crippen molar-refractivity contribution in [2.45, 2.75) is 206 Å². The monoisotopic (exact) mass is 1560 g/mol. The van der Waals surface area contributed by atoms with Gasteiger partial charge >= 0.3 is 0 Å². The van der Waals surface area contributed by atoms with Crippen LogP contribution in [0.4, 0.5) is 17.1 Å². The van der Waals surface area contributed by atoms with E-state index in [1.807, 2.05) is 61.0 Å². The van der Waals surface area contributed by atoms with E-state index >= 15 is 0 Å². The lowest BCUT2D eigenvalue weighted by Crippen LogP contribution is -2.32. The third kappa shape index (κ3) is 26.5. The number of amides is 1. The van der Waals surface area contributed by atoms with Crippen LogP contribution in [0, 0.1) is 12.3 Å². The first-order valence-electron chi connectivity index (χ1n) is 43.2. The number of benzene rings is 9. The van der Waals surface area contributed by atoms with Crippen LogP contribution in [0.5, 0.6) is 5.75 Å². The van der Waals surface area contributed by atoms with E-state index < -0.39 is 0 Å². The summed E-state index contributed by atoms with van der Waals surface area (Å²) in [5, 5.41) is 25.7. The SMILES string of the molecule is C#Cc1ccc2c(c1)CNCC2.CC1Cc2ccccc2CN1.CC1Cc2ccccc2N1.CN1C(=O)Cc2ccccc21.COc1ccc2c(c1)CCCC2.c1cc2c(s1)CCCC2.c1ccc2c(c1)CCCCC2.c1ccc2c(c1)CCCN2.c1ccc2c(c1)CCCNC2.c1ccc2c(c1)CNC2.c1cnc2c(c1)CCNC2. The lowest BCUT2D eigenvalue weighted by Gasteiger charge is -2.22. The Balaban J connectivity index is 0.000000118. The number of carbonyl (C=O) groups is 1. The fourth-order valence-electron chi connectivity index (χ4n) is 16.7. The van der Waals surface area contributed by atoms with Gasteiger partial charge in [0.25, 0.3) is 0 Å². The zero-order chi connectivity index (χ0) is 80.1. The van der Waals surface area contributed by atoms with E-state index in [1.54, 1.807) is 33.6 Å². The van der Waals surface area contributed by atoms with Crippen molar-refractivity contribution in [1.29, 1.82) is 0 Å². The minimum Gasteiger partial charge on any atom is -0.497 e. The second-order valence-corrected chi connectivity index (χ2v) is 32.9. The van der Waals surface area contributed by atoms with Gasteiger partial charge in [0.2, 0.25) is 5.91 Å². The molecule has 0 saturated heterocycles. The maximum absolute atomic E-state index is 11.2. The Labute approximate surface area is 698 Å². The van der Waals surface area contributed by atoms with Gasteiger partial charge in [0, 0.05) is 98.6 Å². The molecule has 22 rings (SSSR count). The fourth-order valence-corrected chi connectivity index (χ4v) is 17.7. The number of fused-ring (bicyclic) bond motifs is 11. The van der Waals surface area contributed by atoms with Crippen LogP contribution < -0.4 is 46.9 Å². The highest BCUT2D eigenvalue weighted by molar-refractivity contribution is 7.10. The lowest BCUT2D eigenvalue weighted by molar-refractivity contribution is -0.117. The van der Waals surface area contributed by atoms with E-state index in [0.29, 0.717) is 18.5 Å². The number of ether oxygens (including phenoxy) is 1. The number of methoxy groups -OCH3 is 1. The molecule has 2 unspecified atom stereocenters. The van der Waals surface area contributed by atoms with E-state index in [-0.39, 0.29) is 5.91 Å². The average molecular weight is 1570 g/mol. The van der Waals surface area contributed by atoms with Crippen molar-refractivity contribution in [1.82, 2.24) is 31.6 Å². The summed E-state index contributed by atoms with van der Waals surface area (Å²) in [6, 6.07) is 80.1. The van der Waals surface area contributed by atoms with Crippen LogP contribution in [0.25, 0.3) is 0 Å². The van der Waals surface area contributed by atoms with Crippen LogP contribution in [-0.2, 0) is 128 Å². The van der Waals surface area contributed by atoms with Crippen LogP contribution in [0.2, 0.25) is 0 Å². The van der Waals surface area contributed by atoms with E-state index in [2.05, 4.69) is 255 Å². The van der Waals surface area contributed by atoms with Gasteiger partial charge in [-0.15, -0.1) is 17.8 Å². The zero-order valence-corrected chi connectivity index (χ0v) is 70.3. The van der Waals surface area contributed by atoms with E-state index in [9.17, 15) is 4.79 Å². The Hall–Kier alpha value is -9.94. The summed E-state index contributed by atoms with van der Waals surface area (Å²) >= 11 is 1.93. The van der Waals surface area contributed by atoms with Crippen molar-refractivity contribution in [2.75, 3.05) is 55.9 Å². The molecule has 11 aromatic rings. The second kappa shape index (κ2) is 46.7. The molecule has 1 amide bonds. The van der Waals surface area contributed by atoms with Crippen molar-refractivity contribution in [2.24, 2.45) is 0 Å². The summed E-state index contributed by atoms with van der Waals surface area (Å²) in [6.07, 6.45) is 34.8. The van der Waals surface area contributed by atoms with Crippen molar-refractivity contribution < 1.29 is 9.53 Å². The summed E-state index contributed by atoms with van der Waals surface area (Å²) in [6.45, 7) is 15.0. The predicted molar refractivity (Wildman–Crippen MR) is 488 cm³/mol. The smallest absolute Gasteiger partial charge is 0.231 e. The van der Waals surface area contributed by atoms with Gasteiger partial charge in [0.05, 0.1) is 19.2 Å². The Morgan fingerprint density at radius 3 is 1.57 bits per heavy atom. The number of rotatable bonds is 1. The maximum atomic E-state index is 11.2. The molecule has 0 fully saturated rings. The molecule has 0 radical (unpaired) electrons. The van der Waals surface area contributed by atoms with Crippen molar-refractivity contribution >= 4 is 34.3 Å². The summed E-state index contributed by atoms with van der Waals surface area (Å²) < 4.78 is 5.18. The van der Waals surface area contributed by atoms with Crippen LogP contribution in [0.15, 0.2) is 236 Å². The topological polar surface area (TPSA) is 127 Å². The maximum Gasteiger partial charge on any atom is 0.231 e. The number of pyridine rings is 1. The molecule has 10 heterocycles. The first-order valence-corrected chi connectivity index (χ1v) is 44.1. The summed E-state index contributed by atoms with van der Waals surface area (Å²) in [5.74, 6) is 3.83. The second-order valence-electron chi connectivity index (χ2n) is 31.9. The molecule has 0 spiro atoms. The number of likely N-dealkylation sites (N-methyl/N-ethyl adjacent to an activating group) is 1. The number of hydrogen-bond donors (Lipinski definition) is 7. The minimum absolute atomic E-state index is 0.186. The Bertz CT molecular complexity index is 4600. The van der Waals surface area contributed by atoms with Crippen LogP contribution in [0.3, 0.4) is 0 Å². The highest BCUT2D eigenvalue weighted by Crippen LogP contribution is 2.30. The number of terminal acetylenes is 1. The highest BCUT2D eigenvalue weighted by atomic mass is 32.1. The molecule has 2 atom stereocenters. The number of anilines is 3. The van der Waals surface area contributed by atoms with Crippen molar-refractivity contribution in [3.8, 4) is 18.1 Å². The molecular formula is C104H125N9O2S. The number of carbonyl (C=O) groups excluding carboxylic acids is 1. The number of nitrogens with zero attached hydrogens (tertiary/aromatic N) is 2. The van der Waals surface area contributed by atoms with Gasteiger partial charge in [-0.25, -0.2) is 0 Å². The Morgan fingerprint density at radius 1 is 0.405 bits per heavy atom. The number of thiophene rings is 1. The van der Waals surface area contributed by atoms with Crippen LogP contribution in [0.1, 0.15) is 182 Å². The quantitative estimate of drug-likeness (QED) is 0.0631. The number of nitrogens with one attached hydrogen (secondary N) is 7. The molecule has 11 nitrogen and oxygen atoms in total. The number of para-hydroxylation sites is 3. The molecule has 0 saturated carbocycles. The van der Waals surface area contributed by atoms with E-state index in [4.69, 9.17) is 11.2 Å². The van der Waals surface area contributed by atoms with E-state index in [0.717, 1.165) is 101 Å². The van der Waals surface area contributed by atoms with Gasteiger partial charge in [-0.05, 0) is 316 Å². The van der Waals surface area contributed by atoms with Crippen molar-refractivity contribution in [3.05, 3.63) is 347 Å². The molecular weight excluding hydrogens is 1440 g/mol. The number of aryl methyl sites for hydroxylation is 8. The highest BCUT2D eigenvalue weighted by Gasteiger charge is 2.23. The molecule has 116 heavy (non-hydrogen) atoms. The Kier molecular flexibility index (Phi) is 34.4. The fraction of sp³-hybridized carbons (Fsp3) is 0.365. The van der Waals surface area contributed by atoms with Crippen LogP contribution >= 0.6 is 11.3 Å². The molecule has 0 bridgehead atoms. The minimum atomic E-state index is 0.186. The summed E-state index contributed by atoms with van der Waals surface area (Å²) in [7, 11) is 3.54. The average Bonchev–Trinajstić information content (AvgIpc) is 1.51. The molecule has 9 aromatic carbocycles. The largest absolute Gasteiger partial charge is 0.497 e. The first-order chi connectivity index (χ1) is 57.1. The van der Waals surface area contributed by atoms with Crippen molar-refractivity contribution in [3.63, 3.8) is 0 Å². The van der Waals surface area contributed by atoms with Gasteiger partial charge in [0.1, 0.15) is 5.75 Å².